The minimum atomic E-state index is -0.843. The highest BCUT2D eigenvalue weighted by atomic mass is 16.5. The number of rotatable bonds is 9. The van der Waals surface area contributed by atoms with E-state index in [0.29, 0.717) is 5.69 Å². The van der Waals surface area contributed by atoms with Crippen LogP contribution >= 0.6 is 0 Å². The van der Waals surface area contributed by atoms with E-state index in [2.05, 4.69) is 16.0 Å². The van der Waals surface area contributed by atoms with Crippen LogP contribution in [0.1, 0.15) is 25.0 Å². The summed E-state index contributed by atoms with van der Waals surface area (Å²) in [5, 5.41) is 16.8. The number of ether oxygens (including phenoxy) is 1. The lowest BCUT2D eigenvalue weighted by Crippen LogP contribution is -2.51. The molecule has 0 saturated heterocycles. The van der Waals surface area contributed by atoms with E-state index in [9.17, 15) is 14.4 Å². The zero-order valence-corrected chi connectivity index (χ0v) is 17.1. The zero-order chi connectivity index (χ0) is 21.9. The molecule has 30 heavy (non-hydrogen) atoms. The Bertz CT molecular complexity index is 838. The lowest BCUT2D eigenvalue weighted by atomic mass is 10.0. The highest BCUT2D eigenvalue weighted by Gasteiger charge is 2.25. The number of benzene rings is 2. The summed E-state index contributed by atoms with van der Waals surface area (Å²) in [4.78, 5) is 36.6. The molecule has 0 heterocycles. The van der Waals surface area contributed by atoms with Crippen molar-refractivity contribution in [2.75, 3.05) is 11.9 Å². The standard InChI is InChI=1S/C22H27N3O5/c1-15(2)20(25-22(29)30-14-17-6-4-3-5-7-17)21(28)23-12-19(27)24-18-10-8-16(13-26)9-11-18/h3-11,15,20,26H,12-14H2,1-2H3,(H,23,28)(H,24,27)(H,25,29). The van der Waals surface area contributed by atoms with Crippen molar-refractivity contribution in [2.45, 2.75) is 33.1 Å². The van der Waals surface area contributed by atoms with Crippen LogP contribution in [0.5, 0.6) is 0 Å². The average molecular weight is 413 g/mol. The van der Waals surface area contributed by atoms with Crippen LogP contribution in [0.25, 0.3) is 0 Å². The van der Waals surface area contributed by atoms with E-state index in [0.717, 1.165) is 11.1 Å². The van der Waals surface area contributed by atoms with E-state index in [-0.39, 0.29) is 25.7 Å². The molecule has 0 spiro atoms. The van der Waals surface area contributed by atoms with Gasteiger partial charge in [0.2, 0.25) is 11.8 Å². The van der Waals surface area contributed by atoms with Gasteiger partial charge >= 0.3 is 6.09 Å². The normalized spacial score (nSPS) is 11.5. The monoisotopic (exact) mass is 413 g/mol. The first kappa shape index (κ1) is 22.9. The second-order valence-electron chi connectivity index (χ2n) is 7.05. The maximum absolute atomic E-state index is 12.4. The van der Waals surface area contributed by atoms with Crippen LogP contribution in [0.3, 0.4) is 0 Å². The summed E-state index contributed by atoms with van der Waals surface area (Å²) in [5.41, 5.74) is 2.11. The van der Waals surface area contributed by atoms with Crippen molar-refractivity contribution in [2.24, 2.45) is 5.92 Å². The van der Waals surface area contributed by atoms with Crippen LogP contribution in [0.2, 0.25) is 0 Å². The molecule has 2 aromatic carbocycles. The predicted molar refractivity (Wildman–Crippen MR) is 112 cm³/mol. The van der Waals surface area contributed by atoms with E-state index < -0.39 is 23.9 Å². The third-order valence-electron chi connectivity index (χ3n) is 4.28. The minimum Gasteiger partial charge on any atom is -0.445 e. The van der Waals surface area contributed by atoms with Crippen molar-refractivity contribution in [1.29, 1.82) is 0 Å². The maximum atomic E-state index is 12.4. The number of nitrogens with one attached hydrogen (secondary N) is 3. The van der Waals surface area contributed by atoms with Crippen molar-refractivity contribution in [3.05, 3.63) is 65.7 Å². The van der Waals surface area contributed by atoms with Gasteiger partial charge < -0.3 is 25.8 Å². The molecule has 160 valence electrons. The van der Waals surface area contributed by atoms with Crippen molar-refractivity contribution in [3.63, 3.8) is 0 Å². The number of carbonyl (C=O) groups is 3. The average Bonchev–Trinajstić information content (AvgIpc) is 2.75. The number of hydrogen-bond donors (Lipinski definition) is 4. The fourth-order valence-corrected chi connectivity index (χ4v) is 2.60. The predicted octanol–water partition coefficient (Wildman–Crippen LogP) is 2.18. The van der Waals surface area contributed by atoms with Crippen molar-refractivity contribution < 1.29 is 24.2 Å². The van der Waals surface area contributed by atoms with Crippen LogP contribution < -0.4 is 16.0 Å². The molecular weight excluding hydrogens is 386 g/mol. The molecule has 4 N–H and O–H groups in total. The van der Waals surface area contributed by atoms with Gasteiger partial charge in [-0.05, 0) is 29.2 Å². The second kappa shape index (κ2) is 11.6. The highest BCUT2D eigenvalue weighted by Crippen LogP contribution is 2.09. The first-order chi connectivity index (χ1) is 14.4. The van der Waals surface area contributed by atoms with Gasteiger partial charge in [-0.1, -0.05) is 56.3 Å². The van der Waals surface area contributed by atoms with E-state index in [4.69, 9.17) is 9.84 Å². The molecule has 3 amide bonds. The molecule has 2 aromatic rings. The number of carbonyl (C=O) groups excluding carboxylic acids is 3. The molecular formula is C22H27N3O5. The van der Waals surface area contributed by atoms with Gasteiger partial charge in [-0.3, -0.25) is 9.59 Å². The van der Waals surface area contributed by atoms with E-state index in [1.54, 1.807) is 38.1 Å². The SMILES string of the molecule is CC(C)C(NC(=O)OCc1ccccc1)C(=O)NCC(=O)Nc1ccc(CO)cc1. The lowest BCUT2D eigenvalue weighted by molar-refractivity contribution is -0.126. The summed E-state index contributed by atoms with van der Waals surface area (Å²) in [6.45, 7) is 3.33. The van der Waals surface area contributed by atoms with Crippen molar-refractivity contribution >= 4 is 23.6 Å². The van der Waals surface area contributed by atoms with Crippen molar-refractivity contribution in [1.82, 2.24) is 10.6 Å². The fraction of sp³-hybridized carbons (Fsp3) is 0.318. The summed E-state index contributed by atoms with van der Waals surface area (Å²) < 4.78 is 5.16. The Labute approximate surface area is 175 Å². The molecule has 0 bridgehead atoms. The Kier molecular flexibility index (Phi) is 8.83. The molecule has 8 heteroatoms. The van der Waals surface area contributed by atoms with E-state index in [1.165, 1.54) is 0 Å². The first-order valence-corrected chi connectivity index (χ1v) is 9.63. The summed E-state index contributed by atoms with van der Waals surface area (Å²) in [5.74, 6) is -1.09. The van der Waals surface area contributed by atoms with Gasteiger partial charge in [-0.25, -0.2) is 4.79 Å². The van der Waals surface area contributed by atoms with Gasteiger partial charge in [0.25, 0.3) is 0 Å². The van der Waals surface area contributed by atoms with Crippen LogP contribution in [0.4, 0.5) is 10.5 Å². The molecule has 0 saturated carbocycles. The highest BCUT2D eigenvalue weighted by molar-refractivity contribution is 5.95. The number of aliphatic hydroxyl groups is 1. The van der Waals surface area contributed by atoms with E-state index >= 15 is 0 Å². The quantitative estimate of drug-likeness (QED) is 0.503. The Morgan fingerprint density at radius 2 is 1.63 bits per heavy atom. The van der Waals surface area contributed by atoms with Gasteiger partial charge in [0, 0.05) is 5.69 Å². The molecule has 1 unspecified atom stereocenters. The van der Waals surface area contributed by atoms with Crippen LogP contribution in [0, 0.1) is 5.92 Å². The van der Waals surface area contributed by atoms with Crippen LogP contribution in [0.15, 0.2) is 54.6 Å². The molecule has 0 radical (unpaired) electrons. The summed E-state index contributed by atoms with van der Waals surface area (Å²) >= 11 is 0. The molecule has 0 aromatic heterocycles. The minimum absolute atomic E-state index is 0.0817. The third kappa shape index (κ3) is 7.56. The summed E-state index contributed by atoms with van der Waals surface area (Å²) in [7, 11) is 0. The van der Waals surface area contributed by atoms with Gasteiger partial charge in [-0.15, -0.1) is 0 Å². The number of anilines is 1. The summed E-state index contributed by atoms with van der Waals surface area (Å²) in [6, 6.07) is 15.1. The fourth-order valence-electron chi connectivity index (χ4n) is 2.60. The Hall–Kier alpha value is -3.39. The molecule has 1 atom stereocenters. The van der Waals surface area contributed by atoms with Gasteiger partial charge in [0.15, 0.2) is 0 Å². The van der Waals surface area contributed by atoms with Crippen LogP contribution in [-0.2, 0) is 27.5 Å². The molecule has 0 fully saturated rings. The van der Waals surface area contributed by atoms with Crippen molar-refractivity contribution in [3.8, 4) is 0 Å². The Morgan fingerprint density at radius 1 is 0.967 bits per heavy atom. The number of alkyl carbamates (subject to hydrolysis) is 1. The smallest absolute Gasteiger partial charge is 0.408 e. The maximum Gasteiger partial charge on any atom is 0.408 e. The molecule has 0 aliphatic heterocycles. The van der Waals surface area contributed by atoms with E-state index in [1.807, 2.05) is 30.3 Å². The molecule has 0 aliphatic rings. The Morgan fingerprint density at radius 3 is 2.23 bits per heavy atom. The summed E-state index contributed by atoms with van der Waals surface area (Å²) in [6.07, 6.45) is -0.707. The first-order valence-electron chi connectivity index (χ1n) is 9.63. The molecule has 2 rings (SSSR count). The van der Waals surface area contributed by atoms with Crippen LogP contribution in [-0.4, -0.2) is 35.6 Å². The number of aliphatic hydroxyl groups excluding tert-OH is 1. The second-order valence-corrected chi connectivity index (χ2v) is 7.05. The third-order valence-corrected chi connectivity index (χ3v) is 4.28. The van der Waals surface area contributed by atoms with Gasteiger partial charge in [0.05, 0.1) is 13.2 Å². The van der Waals surface area contributed by atoms with Gasteiger partial charge in [0.1, 0.15) is 12.6 Å². The largest absolute Gasteiger partial charge is 0.445 e. The topological polar surface area (TPSA) is 117 Å². The molecule has 0 aliphatic carbocycles. The lowest BCUT2D eigenvalue weighted by Gasteiger charge is -2.21. The van der Waals surface area contributed by atoms with Gasteiger partial charge in [-0.2, -0.15) is 0 Å². The number of amides is 3. The Balaban J connectivity index is 1.80. The number of hydrogen-bond acceptors (Lipinski definition) is 5. The zero-order valence-electron chi connectivity index (χ0n) is 17.1. The molecule has 8 nitrogen and oxygen atoms in total.